The van der Waals surface area contributed by atoms with Gasteiger partial charge in [-0.25, -0.2) is 9.97 Å². The Balaban J connectivity index is 1.83. The highest BCUT2D eigenvalue weighted by atomic mass is 15.0. The Hall–Kier alpha value is -1.12. The van der Waals surface area contributed by atoms with Gasteiger partial charge in [0, 0.05) is 30.1 Å². The molecule has 1 aromatic heterocycles. The van der Waals surface area contributed by atoms with Crippen LogP contribution in [0.2, 0.25) is 0 Å². The van der Waals surface area contributed by atoms with Crippen LogP contribution in [-0.2, 0) is 0 Å². The zero-order valence-electron chi connectivity index (χ0n) is 13.6. The summed E-state index contributed by atoms with van der Waals surface area (Å²) >= 11 is 0. The van der Waals surface area contributed by atoms with Crippen molar-refractivity contribution in [2.24, 2.45) is 5.92 Å². The molecule has 1 N–H and O–H groups in total. The van der Waals surface area contributed by atoms with Crippen LogP contribution < -0.4 is 5.32 Å². The van der Waals surface area contributed by atoms with Crippen LogP contribution in [0.3, 0.4) is 0 Å². The van der Waals surface area contributed by atoms with E-state index in [0.29, 0.717) is 11.8 Å². The Morgan fingerprint density at radius 3 is 2.38 bits per heavy atom. The maximum atomic E-state index is 5.00. The van der Waals surface area contributed by atoms with E-state index in [4.69, 9.17) is 9.97 Å². The quantitative estimate of drug-likeness (QED) is 0.859. The lowest BCUT2D eigenvalue weighted by atomic mass is 9.82. The summed E-state index contributed by atoms with van der Waals surface area (Å²) in [5.74, 6) is 4.30. The molecule has 2 saturated carbocycles. The zero-order chi connectivity index (χ0) is 14.7. The average molecular weight is 287 g/mol. The van der Waals surface area contributed by atoms with Gasteiger partial charge in [0.15, 0.2) is 0 Å². The highest BCUT2D eigenvalue weighted by Crippen LogP contribution is 2.37. The SMILES string of the molecule is CCNc1cc(C2CCCC2)nc(C2CCC(C)CC2)n1. The number of hydrogen-bond donors (Lipinski definition) is 1. The summed E-state index contributed by atoms with van der Waals surface area (Å²) in [6.45, 7) is 5.44. The van der Waals surface area contributed by atoms with Gasteiger partial charge in [0.1, 0.15) is 11.6 Å². The molecule has 0 aromatic carbocycles. The van der Waals surface area contributed by atoms with Gasteiger partial charge in [-0.1, -0.05) is 32.6 Å². The molecule has 3 nitrogen and oxygen atoms in total. The maximum absolute atomic E-state index is 5.00. The fourth-order valence-electron chi connectivity index (χ4n) is 3.89. The summed E-state index contributed by atoms with van der Waals surface area (Å²) in [7, 11) is 0. The fraction of sp³-hybridized carbons (Fsp3) is 0.778. The molecule has 1 aromatic rings. The first-order valence-corrected chi connectivity index (χ1v) is 8.89. The van der Waals surface area contributed by atoms with E-state index in [-0.39, 0.29) is 0 Å². The molecule has 0 saturated heterocycles. The van der Waals surface area contributed by atoms with E-state index in [9.17, 15) is 0 Å². The monoisotopic (exact) mass is 287 g/mol. The van der Waals surface area contributed by atoms with Crippen molar-refractivity contribution >= 4 is 5.82 Å². The largest absolute Gasteiger partial charge is 0.370 e. The molecule has 3 rings (SSSR count). The Morgan fingerprint density at radius 1 is 1.00 bits per heavy atom. The van der Waals surface area contributed by atoms with Gasteiger partial charge in [-0.2, -0.15) is 0 Å². The van der Waals surface area contributed by atoms with E-state index in [2.05, 4.69) is 25.2 Å². The highest BCUT2D eigenvalue weighted by molar-refractivity contribution is 5.37. The summed E-state index contributed by atoms with van der Waals surface area (Å²) in [5.41, 5.74) is 1.30. The smallest absolute Gasteiger partial charge is 0.134 e. The van der Waals surface area contributed by atoms with Gasteiger partial charge in [0.25, 0.3) is 0 Å². The molecule has 2 aliphatic carbocycles. The van der Waals surface area contributed by atoms with E-state index in [1.807, 2.05) is 0 Å². The molecule has 2 aliphatic rings. The van der Waals surface area contributed by atoms with Gasteiger partial charge in [-0.05, 0) is 38.5 Å². The third-order valence-electron chi connectivity index (χ3n) is 5.28. The fourth-order valence-corrected chi connectivity index (χ4v) is 3.89. The van der Waals surface area contributed by atoms with Gasteiger partial charge < -0.3 is 5.32 Å². The molecular formula is C18H29N3. The predicted molar refractivity (Wildman–Crippen MR) is 87.8 cm³/mol. The first-order chi connectivity index (χ1) is 10.3. The minimum atomic E-state index is 0.583. The van der Waals surface area contributed by atoms with Gasteiger partial charge >= 0.3 is 0 Å². The van der Waals surface area contributed by atoms with E-state index in [0.717, 1.165) is 24.1 Å². The molecule has 0 aliphatic heterocycles. The van der Waals surface area contributed by atoms with Crippen LogP contribution in [-0.4, -0.2) is 16.5 Å². The normalized spacial score (nSPS) is 27.0. The topological polar surface area (TPSA) is 37.8 Å². The second-order valence-electron chi connectivity index (χ2n) is 7.00. The second kappa shape index (κ2) is 6.76. The van der Waals surface area contributed by atoms with E-state index in [1.165, 1.54) is 57.1 Å². The molecule has 0 amide bonds. The van der Waals surface area contributed by atoms with Gasteiger partial charge in [0.05, 0.1) is 0 Å². The van der Waals surface area contributed by atoms with E-state index < -0.39 is 0 Å². The van der Waals surface area contributed by atoms with Crippen molar-refractivity contribution in [3.05, 3.63) is 17.6 Å². The van der Waals surface area contributed by atoms with Gasteiger partial charge in [-0.3, -0.25) is 0 Å². The van der Waals surface area contributed by atoms with Crippen LogP contribution in [0.25, 0.3) is 0 Å². The lowest BCUT2D eigenvalue weighted by Gasteiger charge is -2.26. The van der Waals surface area contributed by atoms with Crippen molar-refractivity contribution in [2.45, 2.75) is 77.0 Å². The van der Waals surface area contributed by atoms with Crippen molar-refractivity contribution < 1.29 is 0 Å². The first kappa shape index (κ1) is 14.8. The number of anilines is 1. The molecule has 0 radical (unpaired) electrons. The molecule has 3 heteroatoms. The minimum absolute atomic E-state index is 0.583. The third kappa shape index (κ3) is 3.56. The number of aromatic nitrogens is 2. The van der Waals surface area contributed by atoms with Crippen molar-refractivity contribution in [1.82, 2.24) is 9.97 Å². The number of hydrogen-bond acceptors (Lipinski definition) is 3. The molecular weight excluding hydrogens is 258 g/mol. The average Bonchev–Trinajstić information content (AvgIpc) is 3.02. The van der Waals surface area contributed by atoms with Crippen LogP contribution in [0.5, 0.6) is 0 Å². The second-order valence-corrected chi connectivity index (χ2v) is 7.00. The number of nitrogens with zero attached hydrogens (tertiary/aromatic N) is 2. The van der Waals surface area contributed by atoms with Crippen LogP contribution in [0.1, 0.15) is 88.6 Å². The molecule has 0 atom stereocenters. The summed E-state index contributed by atoms with van der Waals surface area (Å²) in [6, 6.07) is 2.20. The third-order valence-corrected chi connectivity index (χ3v) is 5.28. The lowest BCUT2D eigenvalue weighted by molar-refractivity contribution is 0.339. The van der Waals surface area contributed by atoms with Crippen LogP contribution in [0.15, 0.2) is 6.07 Å². The minimum Gasteiger partial charge on any atom is -0.370 e. The van der Waals surface area contributed by atoms with Crippen molar-refractivity contribution in [2.75, 3.05) is 11.9 Å². The van der Waals surface area contributed by atoms with Crippen LogP contribution >= 0.6 is 0 Å². The van der Waals surface area contributed by atoms with Gasteiger partial charge in [-0.15, -0.1) is 0 Å². The Kier molecular flexibility index (Phi) is 4.77. The molecule has 21 heavy (non-hydrogen) atoms. The van der Waals surface area contributed by atoms with Crippen LogP contribution in [0.4, 0.5) is 5.82 Å². The maximum Gasteiger partial charge on any atom is 0.134 e. The summed E-state index contributed by atoms with van der Waals surface area (Å²) in [5, 5.41) is 3.41. The van der Waals surface area contributed by atoms with E-state index in [1.54, 1.807) is 0 Å². The van der Waals surface area contributed by atoms with Crippen molar-refractivity contribution in [3.63, 3.8) is 0 Å². The molecule has 0 spiro atoms. The van der Waals surface area contributed by atoms with E-state index >= 15 is 0 Å². The van der Waals surface area contributed by atoms with Crippen LogP contribution in [0, 0.1) is 5.92 Å². The number of rotatable bonds is 4. The summed E-state index contributed by atoms with van der Waals surface area (Å²) in [4.78, 5) is 9.82. The molecule has 116 valence electrons. The van der Waals surface area contributed by atoms with Crippen molar-refractivity contribution in [3.8, 4) is 0 Å². The molecule has 1 heterocycles. The number of nitrogens with one attached hydrogen (secondary N) is 1. The van der Waals surface area contributed by atoms with Gasteiger partial charge in [0.2, 0.25) is 0 Å². The molecule has 2 fully saturated rings. The Labute approximate surface area is 129 Å². The molecule has 0 unspecified atom stereocenters. The zero-order valence-corrected chi connectivity index (χ0v) is 13.6. The first-order valence-electron chi connectivity index (χ1n) is 8.89. The molecule has 0 bridgehead atoms. The predicted octanol–water partition coefficient (Wildman–Crippen LogP) is 4.86. The summed E-state index contributed by atoms with van der Waals surface area (Å²) in [6.07, 6.45) is 10.5. The lowest BCUT2D eigenvalue weighted by Crippen LogP contribution is -2.16. The van der Waals surface area contributed by atoms with Crippen molar-refractivity contribution in [1.29, 1.82) is 0 Å². The summed E-state index contributed by atoms with van der Waals surface area (Å²) < 4.78 is 0. The Morgan fingerprint density at radius 2 is 1.71 bits per heavy atom. The standard InChI is InChI=1S/C18H29N3/c1-3-19-17-12-16(14-6-4-5-7-14)20-18(21-17)15-10-8-13(2)9-11-15/h12-15H,3-11H2,1-2H3,(H,19,20,21). The Bertz CT molecular complexity index is 458. The highest BCUT2D eigenvalue weighted by Gasteiger charge is 2.25.